The van der Waals surface area contributed by atoms with E-state index < -0.39 is 0 Å². The van der Waals surface area contributed by atoms with Crippen LogP contribution >= 0.6 is 0 Å². The fourth-order valence-corrected chi connectivity index (χ4v) is 3.11. The van der Waals surface area contributed by atoms with Crippen molar-refractivity contribution in [2.45, 2.75) is 45.2 Å². The molecule has 2 aromatic carbocycles. The third-order valence-electron chi connectivity index (χ3n) is 5.06. The summed E-state index contributed by atoms with van der Waals surface area (Å²) in [6, 6.07) is 15.6. The van der Waals surface area contributed by atoms with Crippen LogP contribution in [0.3, 0.4) is 0 Å². The van der Waals surface area contributed by atoms with Gasteiger partial charge in [-0.25, -0.2) is 0 Å². The van der Waals surface area contributed by atoms with Crippen molar-refractivity contribution in [2.24, 2.45) is 0 Å². The Hall–Kier alpha value is -2.82. The smallest absolute Gasteiger partial charge is 0.251 e. The van der Waals surface area contributed by atoms with Crippen LogP contribution in [0.25, 0.3) is 0 Å². The third-order valence-corrected chi connectivity index (χ3v) is 5.06. The second-order valence-electron chi connectivity index (χ2n) is 7.56. The maximum atomic E-state index is 12.7. The third kappa shape index (κ3) is 5.12. The molecule has 148 valence electrons. The minimum atomic E-state index is -0.256. The summed E-state index contributed by atoms with van der Waals surface area (Å²) in [7, 11) is 1.58. The van der Waals surface area contributed by atoms with Crippen LogP contribution < -0.4 is 10.1 Å². The molecular formula is C23H28N2O3. The lowest BCUT2D eigenvalue weighted by molar-refractivity contribution is -0.131. The summed E-state index contributed by atoms with van der Waals surface area (Å²) >= 11 is 0. The summed E-state index contributed by atoms with van der Waals surface area (Å²) in [5, 5.41) is 2.74. The van der Waals surface area contributed by atoms with Crippen molar-refractivity contribution in [3.8, 4) is 5.75 Å². The van der Waals surface area contributed by atoms with Crippen molar-refractivity contribution in [2.75, 3.05) is 13.7 Å². The molecule has 5 nitrogen and oxygen atoms in total. The Kier molecular flexibility index (Phi) is 6.34. The zero-order chi connectivity index (χ0) is 20.1. The van der Waals surface area contributed by atoms with Gasteiger partial charge in [-0.05, 0) is 54.2 Å². The van der Waals surface area contributed by atoms with Gasteiger partial charge in [-0.1, -0.05) is 38.1 Å². The topological polar surface area (TPSA) is 58.6 Å². The van der Waals surface area contributed by atoms with Crippen molar-refractivity contribution in [1.29, 1.82) is 0 Å². The highest BCUT2D eigenvalue weighted by Crippen LogP contribution is 2.28. The molecule has 0 bridgehead atoms. The van der Waals surface area contributed by atoms with Crippen LogP contribution in [0.15, 0.2) is 48.5 Å². The number of benzene rings is 2. The standard InChI is InChI=1S/C23H28N2O3/c1-16(2)18-6-4-17(5-7-18)15-25(20-10-11-20)22(26)14-24-23(27)19-8-12-21(28-3)13-9-19/h4-9,12-13,16,20H,10-11,14-15H2,1-3H3,(H,24,27). The van der Waals surface area contributed by atoms with Gasteiger partial charge >= 0.3 is 0 Å². The zero-order valence-corrected chi connectivity index (χ0v) is 16.8. The molecule has 1 aliphatic carbocycles. The quantitative estimate of drug-likeness (QED) is 0.759. The second-order valence-corrected chi connectivity index (χ2v) is 7.56. The summed E-state index contributed by atoms with van der Waals surface area (Å²) in [6.07, 6.45) is 2.06. The summed E-state index contributed by atoms with van der Waals surface area (Å²) in [5.74, 6) is 0.879. The number of carbonyl (C=O) groups excluding carboxylic acids is 2. The van der Waals surface area contributed by atoms with E-state index in [0.29, 0.717) is 23.8 Å². The van der Waals surface area contributed by atoms with E-state index in [-0.39, 0.29) is 24.4 Å². The molecule has 1 fully saturated rings. The lowest BCUT2D eigenvalue weighted by atomic mass is 10.0. The van der Waals surface area contributed by atoms with E-state index in [0.717, 1.165) is 18.4 Å². The number of hydrogen-bond donors (Lipinski definition) is 1. The predicted octanol–water partition coefficient (Wildman–Crippen LogP) is 3.74. The Balaban J connectivity index is 1.57. The Morgan fingerprint density at radius 2 is 1.71 bits per heavy atom. The molecule has 0 spiro atoms. The van der Waals surface area contributed by atoms with E-state index in [4.69, 9.17) is 4.74 Å². The molecule has 0 heterocycles. The Morgan fingerprint density at radius 3 is 2.25 bits per heavy atom. The molecule has 0 atom stereocenters. The largest absolute Gasteiger partial charge is 0.497 e. The lowest BCUT2D eigenvalue weighted by Gasteiger charge is -2.23. The molecular weight excluding hydrogens is 352 g/mol. The molecule has 2 amide bonds. The molecule has 0 aliphatic heterocycles. The van der Waals surface area contributed by atoms with Gasteiger partial charge in [0.25, 0.3) is 5.91 Å². The van der Waals surface area contributed by atoms with Crippen molar-refractivity contribution in [3.63, 3.8) is 0 Å². The first kappa shape index (κ1) is 19.9. The number of rotatable bonds is 8. The molecule has 1 aliphatic rings. The monoisotopic (exact) mass is 380 g/mol. The van der Waals surface area contributed by atoms with E-state index in [1.54, 1.807) is 31.4 Å². The van der Waals surface area contributed by atoms with Crippen LogP contribution in [0.2, 0.25) is 0 Å². The summed E-state index contributed by atoms with van der Waals surface area (Å²) in [4.78, 5) is 26.9. The number of ether oxygens (including phenoxy) is 1. The van der Waals surface area contributed by atoms with E-state index in [1.807, 2.05) is 4.90 Å². The van der Waals surface area contributed by atoms with Crippen molar-refractivity contribution < 1.29 is 14.3 Å². The van der Waals surface area contributed by atoms with Gasteiger partial charge in [0.05, 0.1) is 13.7 Å². The molecule has 0 saturated heterocycles. The summed E-state index contributed by atoms with van der Waals surface area (Å²) in [6.45, 7) is 4.92. The minimum Gasteiger partial charge on any atom is -0.497 e. The minimum absolute atomic E-state index is 0.00540. The predicted molar refractivity (Wildman–Crippen MR) is 109 cm³/mol. The molecule has 0 radical (unpaired) electrons. The zero-order valence-electron chi connectivity index (χ0n) is 16.8. The molecule has 28 heavy (non-hydrogen) atoms. The Bertz CT molecular complexity index is 809. The first-order chi connectivity index (χ1) is 13.5. The lowest BCUT2D eigenvalue weighted by Crippen LogP contribution is -2.41. The molecule has 5 heteroatoms. The number of nitrogens with one attached hydrogen (secondary N) is 1. The average Bonchev–Trinajstić information content (AvgIpc) is 3.55. The molecule has 0 unspecified atom stereocenters. The molecule has 1 saturated carbocycles. The van der Waals surface area contributed by atoms with E-state index in [1.165, 1.54) is 5.56 Å². The summed E-state index contributed by atoms with van der Waals surface area (Å²) in [5.41, 5.74) is 2.92. The highest BCUT2D eigenvalue weighted by molar-refractivity contribution is 5.96. The van der Waals surface area contributed by atoms with Crippen molar-refractivity contribution in [1.82, 2.24) is 10.2 Å². The Morgan fingerprint density at radius 1 is 1.07 bits per heavy atom. The van der Waals surface area contributed by atoms with Crippen LogP contribution in [0.5, 0.6) is 5.75 Å². The van der Waals surface area contributed by atoms with Gasteiger partial charge in [-0.3, -0.25) is 9.59 Å². The van der Waals surface area contributed by atoms with Crippen LogP contribution in [-0.4, -0.2) is 36.4 Å². The van der Waals surface area contributed by atoms with Crippen LogP contribution in [-0.2, 0) is 11.3 Å². The first-order valence-corrected chi connectivity index (χ1v) is 9.78. The van der Waals surface area contributed by atoms with Crippen LogP contribution in [0.1, 0.15) is 54.1 Å². The highest BCUT2D eigenvalue weighted by atomic mass is 16.5. The molecule has 0 aromatic heterocycles. The van der Waals surface area contributed by atoms with E-state index >= 15 is 0 Å². The molecule has 1 N–H and O–H groups in total. The van der Waals surface area contributed by atoms with Gasteiger partial charge in [0.1, 0.15) is 5.75 Å². The average molecular weight is 380 g/mol. The maximum Gasteiger partial charge on any atom is 0.251 e. The van der Waals surface area contributed by atoms with Gasteiger partial charge in [0.15, 0.2) is 0 Å². The fourth-order valence-electron chi connectivity index (χ4n) is 3.11. The normalized spacial score (nSPS) is 13.3. The van der Waals surface area contributed by atoms with Gasteiger partial charge < -0.3 is 15.0 Å². The second kappa shape index (κ2) is 8.91. The van der Waals surface area contributed by atoms with Crippen molar-refractivity contribution in [3.05, 3.63) is 65.2 Å². The van der Waals surface area contributed by atoms with Crippen LogP contribution in [0.4, 0.5) is 0 Å². The fraction of sp³-hybridized carbons (Fsp3) is 0.391. The van der Waals surface area contributed by atoms with Gasteiger partial charge in [0.2, 0.25) is 5.91 Å². The van der Waals surface area contributed by atoms with Gasteiger partial charge in [-0.15, -0.1) is 0 Å². The number of amides is 2. The van der Waals surface area contributed by atoms with Crippen molar-refractivity contribution >= 4 is 11.8 Å². The molecule has 3 rings (SSSR count). The number of nitrogens with zero attached hydrogens (tertiary/aromatic N) is 1. The van der Waals surface area contributed by atoms with Gasteiger partial charge in [-0.2, -0.15) is 0 Å². The van der Waals surface area contributed by atoms with E-state index in [9.17, 15) is 9.59 Å². The number of hydrogen-bond acceptors (Lipinski definition) is 3. The Labute approximate surface area is 166 Å². The van der Waals surface area contributed by atoms with Gasteiger partial charge in [0, 0.05) is 18.2 Å². The maximum absolute atomic E-state index is 12.7. The summed E-state index contributed by atoms with van der Waals surface area (Å²) < 4.78 is 5.10. The number of methoxy groups -OCH3 is 1. The van der Waals surface area contributed by atoms with Crippen LogP contribution in [0, 0.1) is 0 Å². The number of carbonyl (C=O) groups is 2. The first-order valence-electron chi connectivity index (χ1n) is 9.78. The molecule has 2 aromatic rings. The SMILES string of the molecule is COc1ccc(C(=O)NCC(=O)N(Cc2ccc(C(C)C)cc2)C2CC2)cc1. The van der Waals surface area contributed by atoms with E-state index in [2.05, 4.69) is 43.4 Å². The highest BCUT2D eigenvalue weighted by Gasteiger charge is 2.32.